The van der Waals surface area contributed by atoms with Crippen LogP contribution < -0.4 is 10.6 Å². The van der Waals surface area contributed by atoms with Crippen molar-refractivity contribution in [3.63, 3.8) is 0 Å². The predicted octanol–water partition coefficient (Wildman–Crippen LogP) is 5.00. The van der Waals surface area contributed by atoms with E-state index in [1.807, 2.05) is 36.4 Å². The van der Waals surface area contributed by atoms with Gasteiger partial charge in [0, 0.05) is 30.1 Å². The van der Waals surface area contributed by atoms with E-state index in [1.54, 1.807) is 23.9 Å². The molecule has 3 N–H and O–H groups in total. The number of nitrogens with zero attached hydrogens (tertiary/aromatic N) is 2. The second-order valence-corrected chi connectivity index (χ2v) is 8.31. The number of nitrogens with one attached hydrogen (secondary N) is 2. The van der Waals surface area contributed by atoms with Crippen LogP contribution in [-0.2, 0) is 6.54 Å². The first kappa shape index (κ1) is 22.4. The summed E-state index contributed by atoms with van der Waals surface area (Å²) in [5.41, 5.74) is 4.31. The van der Waals surface area contributed by atoms with E-state index in [0.29, 0.717) is 30.8 Å². The summed E-state index contributed by atoms with van der Waals surface area (Å²) in [6.45, 7) is 5.18. The molecule has 1 aromatic heterocycles. The maximum Gasteiger partial charge on any atom is 0.404 e. The average Bonchev–Trinajstić information content (AvgIpc) is 3.09. The lowest BCUT2D eigenvalue weighted by Gasteiger charge is -2.09. The second kappa shape index (κ2) is 10.7. The molecule has 0 fully saturated rings. The Morgan fingerprint density at radius 1 is 1.16 bits per heavy atom. The van der Waals surface area contributed by atoms with Crippen LogP contribution in [0.2, 0.25) is 0 Å². The quantitative estimate of drug-likeness (QED) is 0.248. The van der Waals surface area contributed by atoms with E-state index in [2.05, 4.69) is 35.1 Å². The number of carbonyl (C=O) groups excluding carboxylic acids is 1. The lowest BCUT2D eigenvalue weighted by atomic mass is 10.2. The first-order valence-corrected chi connectivity index (χ1v) is 11.0. The van der Waals surface area contributed by atoms with Crippen molar-refractivity contribution in [2.45, 2.75) is 32.0 Å². The second-order valence-electron chi connectivity index (χ2n) is 7.24. The van der Waals surface area contributed by atoms with Crippen molar-refractivity contribution in [1.29, 1.82) is 0 Å². The van der Waals surface area contributed by atoms with E-state index >= 15 is 0 Å². The summed E-state index contributed by atoms with van der Waals surface area (Å²) in [5.74, 6) is 0.589. The third kappa shape index (κ3) is 6.36. The minimum atomic E-state index is -1.01. The fourth-order valence-electron chi connectivity index (χ4n) is 2.96. The van der Waals surface area contributed by atoms with Crippen molar-refractivity contribution >= 4 is 40.5 Å². The predicted molar refractivity (Wildman–Crippen MR) is 125 cm³/mol. The molecule has 0 aliphatic heterocycles. The van der Waals surface area contributed by atoms with Gasteiger partial charge in [0.25, 0.3) is 5.91 Å². The maximum atomic E-state index is 12.5. The number of benzene rings is 2. The van der Waals surface area contributed by atoms with Crippen LogP contribution in [0.15, 0.2) is 65.3 Å². The van der Waals surface area contributed by atoms with Gasteiger partial charge in [0.2, 0.25) is 0 Å². The van der Waals surface area contributed by atoms with Crippen LogP contribution >= 0.6 is 11.8 Å². The number of allylic oxidation sites excluding steroid dienone is 2. The monoisotopic (exact) mass is 438 g/mol. The standard InChI is InChI=1S/C23H26N4O3S/c1-16(2)11-13-27-20-15-18(25-21(28)17-7-4-3-5-8-17)9-10-19(20)26-22(27)31-14-6-12-24-23(29)30/h3-5,7-11,15,24H,6,12-14H2,1-2H3,(H,25,28)(H,29,30). The Bertz CT molecular complexity index is 1090. The molecule has 0 aliphatic carbocycles. The Morgan fingerprint density at radius 2 is 1.94 bits per heavy atom. The molecular formula is C23H26N4O3S. The fraction of sp³-hybridized carbons (Fsp3) is 0.261. The van der Waals surface area contributed by atoms with Gasteiger partial charge in [-0.1, -0.05) is 41.6 Å². The molecule has 162 valence electrons. The zero-order valence-electron chi connectivity index (χ0n) is 17.6. The topological polar surface area (TPSA) is 96.2 Å². The van der Waals surface area contributed by atoms with E-state index in [1.165, 1.54) is 5.57 Å². The summed E-state index contributed by atoms with van der Waals surface area (Å²) in [6.07, 6.45) is 1.83. The van der Waals surface area contributed by atoms with Gasteiger partial charge in [-0.15, -0.1) is 0 Å². The Balaban J connectivity index is 1.81. The van der Waals surface area contributed by atoms with Gasteiger partial charge in [0.05, 0.1) is 11.0 Å². The number of anilines is 1. The molecule has 0 unspecified atom stereocenters. The summed E-state index contributed by atoms with van der Waals surface area (Å²) in [5, 5.41) is 14.9. The summed E-state index contributed by atoms with van der Waals surface area (Å²) in [7, 11) is 0. The van der Waals surface area contributed by atoms with Crippen LogP contribution in [0.5, 0.6) is 0 Å². The van der Waals surface area contributed by atoms with Crippen LogP contribution in [0.3, 0.4) is 0 Å². The number of rotatable bonds is 9. The van der Waals surface area contributed by atoms with Gasteiger partial charge in [-0.25, -0.2) is 9.78 Å². The Labute approximate surface area is 185 Å². The molecule has 0 radical (unpaired) electrons. The molecule has 0 bridgehead atoms. The number of thioether (sulfide) groups is 1. The fourth-order valence-corrected chi connectivity index (χ4v) is 3.93. The molecule has 0 spiro atoms. The molecule has 0 saturated heterocycles. The van der Waals surface area contributed by atoms with E-state index in [4.69, 9.17) is 10.1 Å². The summed E-state index contributed by atoms with van der Waals surface area (Å²) < 4.78 is 2.12. The highest BCUT2D eigenvalue weighted by molar-refractivity contribution is 7.99. The van der Waals surface area contributed by atoms with Gasteiger partial charge in [0.15, 0.2) is 5.16 Å². The highest BCUT2D eigenvalue weighted by Gasteiger charge is 2.13. The molecule has 31 heavy (non-hydrogen) atoms. The molecule has 2 amide bonds. The number of aromatic nitrogens is 2. The first-order chi connectivity index (χ1) is 14.9. The Hall–Kier alpha value is -3.26. The highest BCUT2D eigenvalue weighted by Crippen LogP contribution is 2.27. The Kier molecular flexibility index (Phi) is 7.72. The number of carbonyl (C=O) groups is 2. The van der Waals surface area contributed by atoms with Crippen molar-refractivity contribution in [3.8, 4) is 0 Å². The van der Waals surface area contributed by atoms with Crippen molar-refractivity contribution in [3.05, 3.63) is 65.7 Å². The van der Waals surface area contributed by atoms with E-state index in [9.17, 15) is 9.59 Å². The summed E-state index contributed by atoms with van der Waals surface area (Å²) in [6, 6.07) is 14.8. The smallest absolute Gasteiger partial charge is 0.404 e. The number of carboxylic acid groups (broad SMARTS) is 1. The molecule has 3 rings (SSSR count). The van der Waals surface area contributed by atoms with Gasteiger partial charge in [-0.05, 0) is 50.6 Å². The largest absolute Gasteiger partial charge is 0.465 e. The lowest BCUT2D eigenvalue weighted by molar-refractivity contribution is 0.102. The number of imidazole rings is 1. The normalized spacial score (nSPS) is 10.6. The van der Waals surface area contributed by atoms with E-state index in [0.717, 1.165) is 21.9 Å². The van der Waals surface area contributed by atoms with Gasteiger partial charge < -0.3 is 20.3 Å². The van der Waals surface area contributed by atoms with Gasteiger partial charge in [-0.2, -0.15) is 0 Å². The molecule has 2 aromatic carbocycles. The lowest BCUT2D eigenvalue weighted by Crippen LogP contribution is -2.22. The van der Waals surface area contributed by atoms with Crippen molar-refractivity contribution in [1.82, 2.24) is 14.9 Å². The van der Waals surface area contributed by atoms with Crippen LogP contribution in [0.4, 0.5) is 10.5 Å². The Morgan fingerprint density at radius 3 is 2.65 bits per heavy atom. The van der Waals surface area contributed by atoms with Crippen molar-refractivity contribution in [2.75, 3.05) is 17.6 Å². The van der Waals surface area contributed by atoms with Crippen LogP contribution in [0, 0.1) is 0 Å². The SMILES string of the molecule is CC(C)=CCn1c(SCCCNC(=O)O)nc2ccc(NC(=O)c3ccccc3)cc21. The van der Waals surface area contributed by atoms with Crippen LogP contribution in [0.25, 0.3) is 11.0 Å². The third-order valence-corrected chi connectivity index (χ3v) is 5.58. The van der Waals surface area contributed by atoms with E-state index < -0.39 is 6.09 Å². The van der Waals surface area contributed by atoms with Crippen molar-refractivity contribution in [2.24, 2.45) is 0 Å². The minimum absolute atomic E-state index is 0.157. The first-order valence-electron chi connectivity index (χ1n) is 10.0. The molecule has 8 heteroatoms. The molecule has 7 nitrogen and oxygen atoms in total. The highest BCUT2D eigenvalue weighted by atomic mass is 32.2. The summed E-state index contributed by atoms with van der Waals surface area (Å²) >= 11 is 1.60. The van der Waals surface area contributed by atoms with E-state index in [-0.39, 0.29) is 5.91 Å². The molecule has 1 heterocycles. The zero-order chi connectivity index (χ0) is 22.2. The number of amides is 2. The maximum absolute atomic E-state index is 12.5. The number of fused-ring (bicyclic) bond motifs is 1. The molecule has 0 saturated carbocycles. The van der Waals surface area contributed by atoms with Crippen molar-refractivity contribution < 1.29 is 14.7 Å². The van der Waals surface area contributed by atoms with Crippen LogP contribution in [-0.4, -0.2) is 39.0 Å². The number of hydrogen-bond donors (Lipinski definition) is 3. The van der Waals surface area contributed by atoms with Gasteiger partial charge in [-0.3, -0.25) is 4.79 Å². The van der Waals surface area contributed by atoms with Gasteiger partial charge in [0.1, 0.15) is 0 Å². The van der Waals surface area contributed by atoms with Gasteiger partial charge >= 0.3 is 6.09 Å². The zero-order valence-corrected chi connectivity index (χ0v) is 18.4. The molecule has 0 aliphatic rings. The third-order valence-electron chi connectivity index (χ3n) is 4.52. The van der Waals surface area contributed by atoms with Crippen LogP contribution in [0.1, 0.15) is 30.6 Å². The molecule has 3 aromatic rings. The minimum Gasteiger partial charge on any atom is -0.465 e. The summed E-state index contributed by atoms with van der Waals surface area (Å²) in [4.78, 5) is 27.8. The molecule has 0 atom stereocenters. The average molecular weight is 439 g/mol. The molecular weight excluding hydrogens is 412 g/mol. The number of hydrogen-bond acceptors (Lipinski definition) is 4.